The number of carbonyl (C=O) groups excluding carboxylic acids is 1. The van der Waals surface area contributed by atoms with Crippen LogP contribution >= 0.6 is 11.3 Å². The lowest BCUT2D eigenvalue weighted by Crippen LogP contribution is -2.25. The third-order valence-electron chi connectivity index (χ3n) is 3.38. The van der Waals surface area contributed by atoms with Crippen molar-refractivity contribution in [3.05, 3.63) is 51.7 Å². The van der Waals surface area contributed by atoms with Crippen LogP contribution in [0, 0.1) is 6.92 Å². The Kier molecular flexibility index (Phi) is 5.93. The van der Waals surface area contributed by atoms with E-state index in [0.717, 1.165) is 27.5 Å². The van der Waals surface area contributed by atoms with Gasteiger partial charge in [0.2, 0.25) is 0 Å². The van der Waals surface area contributed by atoms with E-state index >= 15 is 0 Å². The number of hydrogen-bond acceptors (Lipinski definition) is 4. The zero-order valence-corrected chi connectivity index (χ0v) is 14.7. The number of carbonyl (C=O) groups is 1. The third-order valence-corrected chi connectivity index (χ3v) is 4.35. The topological polar surface area (TPSA) is 50.7 Å². The summed E-state index contributed by atoms with van der Waals surface area (Å²) in [5.74, 6) is 0.832. The van der Waals surface area contributed by atoms with Crippen LogP contribution in [0.5, 0.6) is 5.75 Å². The molecule has 0 fully saturated rings. The minimum atomic E-state index is -0.267. The first-order valence-corrected chi connectivity index (χ1v) is 8.45. The predicted molar refractivity (Wildman–Crippen MR) is 95.4 cm³/mol. The zero-order valence-electron chi connectivity index (χ0n) is 13.9. The molecular weight excluding hydrogens is 308 g/mol. The van der Waals surface area contributed by atoms with Crippen LogP contribution in [0.2, 0.25) is 0 Å². The smallest absolute Gasteiger partial charge is 0.277 e. The molecule has 4 nitrogen and oxygen atoms in total. The van der Waals surface area contributed by atoms with E-state index < -0.39 is 0 Å². The Morgan fingerprint density at radius 1 is 1.35 bits per heavy atom. The summed E-state index contributed by atoms with van der Waals surface area (Å²) in [6.07, 6.45) is 0. The van der Waals surface area contributed by atoms with E-state index in [4.69, 9.17) is 4.74 Å². The van der Waals surface area contributed by atoms with Gasteiger partial charge in [-0.2, -0.15) is 5.10 Å². The van der Waals surface area contributed by atoms with Gasteiger partial charge < -0.3 is 4.74 Å². The Morgan fingerprint density at radius 2 is 2.13 bits per heavy atom. The van der Waals surface area contributed by atoms with E-state index in [1.54, 1.807) is 11.3 Å². The fourth-order valence-electron chi connectivity index (χ4n) is 2.10. The van der Waals surface area contributed by atoms with Gasteiger partial charge in [0, 0.05) is 4.88 Å². The number of nitrogens with zero attached hydrogens (tertiary/aromatic N) is 1. The summed E-state index contributed by atoms with van der Waals surface area (Å²) in [6.45, 7) is 8.03. The van der Waals surface area contributed by atoms with Crippen molar-refractivity contribution in [2.45, 2.75) is 33.6 Å². The molecule has 23 heavy (non-hydrogen) atoms. The quantitative estimate of drug-likeness (QED) is 0.640. The summed E-state index contributed by atoms with van der Waals surface area (Å²) < 4.78 is 5.69. The fraction of sp³-hybridized carbons (Fsp3) is 0.333. The summed E-state index contributed by atoms with van der Waals surface area (Å²) in [7, 11) is 0. The number of thiophene rings is 1. The summed E-state index contributed by atoms with van der Waals surface area (Å²) in [4.78, 5) is 13.0. The number of amides is 1. The molecule has 1 aromatic carbocycles. The summed E-state index contributed by atoms with van der Waals surface area (Å²) in [5.41, 5.74) is 5.53. The van der Waals surface area contributed by atoms with Crippen LogP contribution in [-0.2, 0) is 4.79 Å². The van der Waals surface area contributed by atoms with Crippen LogP contribution in [0.15, 0.2) is 40.8 Å². The van der Waals surface area contributed by atoms with Crippen LogP contribution in [0.3, 0.4) is 0 Å². The molecular formula is C18H22N2O2S. The maximum atomic E-state index is 11.9. The van der Waals surface area contributed by atoms with Crippen LogP contribution in [0.1, 0.15) is 42.7 Å². The lowest BCUT2D eigenvalue weighted by Gasteiger charge is -2.14. The minimum absolute atomic E-state index is 0.0512. The van der Waals surface area contributed by atoms with Crippen molar-refractivity contribution in [3.8, 4) is 5.75 Å². The molecule has 5 heteroatoms. The molecule has 0 atom stereocenters. The lowest BCUT2D eigenvalue weighted by molar-refractivity contribution is -0.123. The number of nitrogens with one attached hydrogen (secondary N) is 1. The van der Waals surface area contributed by atoms with Gasteiger partial charge in [-0.15, -0.1) is 11.3 Å². The largest absolute Gasteiger partial charge is 0.483 e. The Hall–Kier alpha value is -2.14. The molecule has 0 unspecified atom stereocenters. The molecule has 2 rings (SSSR count). The van der Waals surface area contributed by atoms with Crippen molar-refractivity contribution in [1.29, 1.82) is 0 Å². The number of benzene rings is 1. The molecule has 1 amide bonds. The minimum Gasteiger partial charge on any atom is -0.483 e. The van der Waals surface area contributed by atoms with Gasteiger partial charge in [-0.1, -0.05) is 32.0 Å². The van der Waals surface area contributed by atoms with Gasteiger partial charge >= 0.3 is 0 Å². The van der Waals surface area contributed by atoms with Crippen molar-refractivity contribution in [3.63, 3.8) is 0 Å². The Balaban J connectivity index is 1.95. The van der Waals surface area contributed by atoms with Crippen molar-refractivity contribution in [2.75, 3.05) is 6.61 Å². The van der Waals surface area contributed by atoms with E-state index in [1.807, 2.05) is 43.5 Å². The van der Waals surface area contributed by atoms with E-state index in [-0.39, 0.29) is 12.5 Å². The van der Waals surface area contributed by atoms with Gasteiger partial charge in [0.05, 0.1) is 5.71 Å². The van der Waals surface area contributed by atoms with Crippen molar-refractivity contribution >= 4 is 23.0 Å². The molecule has 0 aliphatic carbocycles. The number of rotatable bonds is 6. The van der Waals surface area contributed by atoms with E-state index in [0.29, 0.717) is 5.92 Å². The monoisotopic (exact) mass is 330 g/mol. The molecule has 122 valence electrons. The van der Waals surface area contributed by atoms with Gasteiger partial charge in [-0.3, -0.25) is 4.79 Å². The van der Waals surface area contributed by atoms with Gasteiger partial charge in [0.15, 0.2) is 6.61 Å². The molecule has 0 spiro atoms. The Morgan fingerprint density at radius 3 is 2.78 bits per heavy atom. The highest BCUT2D eigenvalue weighted by Crippen LogP contribution is 2.27. The number of hydrazone groups is 1. The first kappa shape index (κ1) is 17.2. The highest BCUT2D eigenvalue weighted by Gasteiger charge is 2.10. The van der Waals surface area contributed by atoms with Gasteiger partial charge in [0.1, 0.15) is 5.75 Å². The standard InChI is InChI=1S/C18H22N2O2S/c1-12(2)15-8-7-13(3)10-16(15)22-11-18(21)20-19-14(4)17-6-5-9-23-17/h5-10,12H,11H2,1-4H3,(H,20,21)/b19-14-. The van der Waals surface area contributed by atoms with Crippen LogP contribution < -0.4 is 10.2 Å². The number of ether oxygens (including phenoxy) is 1. The second-order valence-electron chi connectivity index (χ2n) is 5.69. The molecule has 1 N–H and O–H groups in total. The molecule has 0 radical (unpaired) electrons. The highest BCUT2D eigenvalue weighted by molar-refractivity contribution is 7.12. The molecule has 1 aromatic heterocycles. The van der Waals surface area contributed by atoms with Gasteiger partial charge in [0.25, 0.3) is 5.91 Å². The van der Waals surface area contributed by atoms with Crippen molar-refractivity contribution in [2.24, 2.45) is 5.10 Å². The summed E-state index contributed by atoms with van der Waals surface area (Å²) in [6, 6.07) is 9.98. The van der Waals surface area contributed by atoms with Crippen LogP contribution in [-0.4, -0.2) is 18.2 Å². The highest BCUT2D eigenvalue weighted by atomic mass is 32.1. The van der Waals surface area contributed by atoms with Crippen LogP contribution in [0.4, 0.5) is 0 Å². The first-order valence-electron chi connectivity index (χ1n) is 7.57. The van der Waals surface area contributed by atoms with E-state index in [2.05, 4.69) is 30.4 Å². The zero-order chi connectivity index (χ0) is 16.8. The van der Waals surface area contributed by atoms with Crippen molar-refractivity contribution < 1.29 is 9.53 Å². The molecule has 1 heterocycles. The van der Waals surface area contributed by atoms with Gasteiger partial charge in [-0.25, -0.2) is 5.43 Å². The second kappa shape index (κ2) is 7.92. The first-order chi connectivity index (χ1) is 11.0. The maximum absolute atomic E-state index is 11.9. The maximum Gasteiger partial charge on any atom is 0.277 e. The molecule has 0 aliphatic heterocycles. The lowest BCUT2D eigenvalue weighted by atomic mass is 10.0. The molecule has 0 saturated heterocycles. The molecule has 0 aliphatic rings. The second-order valence-corrected chi connectivity index (χ2v) is 6.64. The molecule has 2 aromatic rings. The fourth-order valence-corrected chi connectivity index (χ4v) is 2.78. The Bertz CT molecular complexity index is 691. The molecule has 0 bridgehead atoms. The van der Waals surface area contributed by atoms with Crippen molar-refractivity contribution in [1.82, 2.24) is 5.43 Å². The SMILES string of the molecule is C/C(=N/NC(=O)COc1cc(C)ccc1C(C)C)c1cccs1. The average Bonchev–Trinajstić information content (AvgIpc) is 3.04. The third kappa shape index (κ3) is 4.93. The summed E-state index contributed by atoms with van der Waals surface area (Å²) >= 11 is 1.59. The number of aryl methyl sites for hydroxylation is 1. The Labute approximate surface area is 141 Å². The summed E-state index contributed by atoms with van der Waals surface area (Å²) in [5, 5.41) is 6.08. The van der Waals surface area contributed by atoms with Gasteiger partial charge in [-0.05, 0) is 48.4 Å². The van der Waals surface area contributed by atoms with E-state index in [1.165, 1.54) is 0 Å². The number of hydrogen-bond donors (Lipinski definition) is 1. The molecule has 0 saturated carbocycles. The van der Waals surface area contributed by atoms with E-state index in [9.17, 15) is 4.79 Å². The normalized spacial score (nSPS) is 11.6. The average molecular weight is 330 g/mol. The van der Waals surface area contributed by atoms with Crippen LogP contribution in [0.25, 0.3) is 0 Å². The predicted octanol–water partition coefficient (Wildman–Crippen LogP) is 4.10.